The van der Waals surface area contributed by atoms with Gasteiger partial charge in [-0.2, -0.15) is 0 Å². The molecule has 1 saturated carbocycles. The molecule has 1 aromatic heterocycles. The molecule has 1 aromatic carbocycles. The van der Waals surface area contributed by atoms with E-state index in [0.717, 1.165) is 12.8 Å². The average molecular weight is 337 g/mol. The number of halogens is 3. The molecule has 1 aliphatic carbocycles. The Hall–Kier alpha value is -2.57. The van der Waals surface area contributed by atoms with Crippen LogP contribution in [-0.4, -0.2) is 24.4 Å². The molecule has 0 saturated heterocycles. The maximum absolute atomic E-state index is 12.2. The lowest BCUT2D eigenvalue weighted by atomic mass is 10.1. The fourth-order valence-electron chi connectivity index (χ4n) is 2.41. The number of hydrogen-bond donors (Lipinski definition) is 0. The third-order valence-corrected chi connectivity index (χ3v) is 3.68. The molecule has 1 aliphatic rings. The first kappa shape index (κ1) is 16.3. The molecule has 24 heavy (non-hydrogen) atoms. The van der Waals surface area contributed by atoms with Gasteiger partial charge in [0.05, 0.1) is 24.1 Å². The highest BCUT2D eigenvalue weighted by Crippen LogP contribution is 2.41. The molecule has 1 fully saturated rings. The number of hydrogen-bond acceptors (Lipinski definition) is 4. The number of alkyl halides is 3. The average Bonchev–Trinajstić information content (AvgIpc) is 3.37. The van der Waals surface area contributed by atoms with Crippen LogP contribution >= 0.6 is 0 Å². The molecule has 7 heteroatoms. The highest BCUT2D eigenvalue weighted by molar-refractivity contribution is 5.91. The molecule has 3 rings (SSSR count). The number of rotatable bonds is 4. The van der Waals surface area contributed by atoms with Gasteiger partial charge in [0, 0.05) is 11.5 Å². The first-order valence-electron chi connectivity index (χ1n) is 7.33. The molecule has 126 valence electrons. The van der Waals surface area contributed by atoms with Gasteiger partial charge < -0.3 is 9.47 Å². The first-order chi connectivity index (χ1) is 11.4. The Morgan fingerprint density at radius 3 is 2.33 bits per heavy atom. The number of ether oxygens (including phenoxy) is 2. The van der Waals surface area contributed by atoms with Crippen molar-refractivity contribution in [3.63, 3.8) is 0 Å². The van der Waals surface area contributed by atoms with Crippen molar-refractivity contribution in [2.24, 2.45) is 0 Å². The molecular formula is C17H14F3NO3. The van der Waals surface area contributed by atoms with E-state index >= 15 is 0 Å². The van der Waals surface area contributed by atoms with Crippen molar-refractivity contribution in [1.82, 2.24) is 4.98 Å². The standard InChI is InChI=1S/C17H14F3NO3/c1-23-16(22)13-8-9-14(21-15(13)11-2-3-11)10-4-6-12(7-5-10)24-17(18,19)20/h4-9,11H,2-3H2,1H3. The Labute approximate surface area is 136 Å². The van der Waals surface area contributed by atoms with E-state index in [1.165, 1.54) is 31.4 Å². The van der Waals surface area contributed by atoms with Crippen LogP contribution in [0.25, 0.3) is 11.3 Å². The molecule has 1 heterocycles. The van der Waals surface area contributed by atoms with Crippen LogP contribution in [0, 0.1) is 0 Å². The number of carbonyl (C=O) groups is 1. The van der Waals surface area contributed by atoms with Crippen LogP contribution in [0.3, 0.4) is 0 Å². The summed E-state index contributed by atoms with van der Waals surface area (Å²) in [7, 11) is 1.31. The van der Waals surface area contributed by atoms with Crippen LogP contribution in [0.15, 0.2) is 36.4 Å². The van der Waals surface area contributed by atoms with Crippen LogP contribution in [0.2, 0.25) is 0 Å². The normalized spacial score (nSPS) is 14.3. The summed E-state index contributed by atoms with van der Waals surface area (Å²) in [6.45, 7) is 0. The zero-order chi connectivity index (χ0) is 17.3. The number of carbonyl (C=O) groups excluding carboxylic acids is 1. The number of methoxy groups -OCH3 is 1. The van der Waals surface area contributed by atoms with Gasteiger partial charge in [0.2, 0.25) is 0 Å². The van der Waals surface area contributed by atoms with Crippen molar-refractivity contribution in [2.45, 2.75) is 25.1 Å². The van der Waals surface area contributed by atoms with Crippen molar-refractivity contribution in [3.8, 4) is 17.0 Å². The molecule has 0 atom stereocenters. The van der Waals surface area contributed by atoms with Gasteiger partial charge >= 0.3 is 12.3 Å². The maximum atomic E-state index is 12.2. The summed E-state index contributed by atoms with van der Waals surface area (Å²) in [4.78, 5) is 16.3. The third kappa shape index (κ3) is 3.67. The van der Waals surface area contributed by atoms with Crippen molar-refractivity contribution in [1.29, 1.82) is 0 Å². The SMILES string of the molecule is COC(=O)c1ccc(-c2ccc(OC(F)(F)F)cc2)nc1C1CC1. The second kappa shape index (κ2) is 6.14. The maximum Gasteiger partial charge on any atom is 0.573 e. The summed E-state index contributed by atoms with van der Waals surface area (Å²) in [5.41, 5.74) is 2.33. The van der Waals surface area contributed by atoms with E-state index in [4.69, 9.17) is 4.74 Å². The largest absolute Gasteiger partial charge is 0.573 e. The van der Waals surface area contributed by atoms with Gasteiger partial charge in [-0.25, -0.2) is 4.79 Å². The van der Waals surface area contributed by atoms with Gasteiger partial charge in [-0.1, -0.05) is 0 Å². The highest BCUT2D eigenvalue weighted by atomic mass is 19.4. The fraction of sp³-hybridized carbons (Fsp3) is 0.294. The van der Waals surface area contributed by atoms with E-state index in [-0.39, 0.29) is 11.7 Å². The molecule has 0 radical (unpaired) electrons. The third-order valence-electron chi connectivity index (χ3n) is 3.68. The van der Waals surface area contributed by atoms with Gasteiger partial charge in [-0.05, 0) is 49.2 Å². The smallest absolute Gasteiger partial charge is 0.465 e. The van der Waals surface area contributed by atoms with Crippen LogP contribution in [0.1, 0.15) is 34.8 Å². The minimum absolute atomic E-state index is 0.229. The number of esters is 1. The Morgan fingerprint density at radius 1 is 1.12 bits per heavy atom. The van der Waals surface area contributed by atoms with Gasteiger partial charge in [0.25, 0.3) is 0 Å². The van der Waals surface area contributed by atoms with E-state index in [1.54, 1.807) is 12.1 Å². The number of pyridine rings is 1. The topological polar surface area (TPSA) is 48.4 Å². The van der Waals surface area contributed by atoms with Crippen LogP contribution in [0.5, 0.6) is 5.75 Å². The lowest BCUT2D eigenvalue weighted by molar-refractivity contribution is -0.274. The Kier molecular flexibility index (Phi) is 4.17. The molecular weight excluding hydrogens is 323 g/mol. The van der Waals surface area contributed by atoms with E-state index < -0.39 is 12.3 Å². The minimum Gasteiger partial charge on any atom is -0.465 e. The van der Waals surface area contributed by atoms with Gasteiger partial charge in [-0.3, -0.25) is 4.98 Å². The first-order valence-corrected chi connectivity index (χ1v) is 7.33. The molecule has 0 spiro atoms. The highest BCUT2D eigenvalue weighted by Gasteiger charge is 2.31. The zero-order valence-corrected chi connectivity index (χ0v) is 12.8. The lowest BCUT2D eigenvalue weighted by Gasteiger charge is -2.11. The molecule has 0 aliphatic heterocycles. The predicted molar refractivity (Wildman–Crippen MR) is 79.7 cm³/mol. The van der Waals surface area contributed by atoms with E-state index in [1.807, 2.05) is 0 Å². The van der Waals surface area contributed by atoms with E-state index in [9.17, 15) is 18.0 Å². The zero-order valence-electron chi connectivity index (χ0n) is 12.8. The Bertz CT molecular complexity index is 753. The quantitative estimate of drug-likeness (QED) is 0.780. The second-order valence-corrected chi connectivity index (χ2v) is 5.47. The molecule has 0 unspecified atom stereocenters. The van der Waals surface area contributed by atoms with Gasteiger partial charge in [0.1, 0.15) is 5.75 Å². The molecule has 4 nitrogen and oxygen atoms in total. The Morgan fingerprint density at radius 2 is 1.79 bits per heavy atom. The molecule has 0 amide bonds. The van der Waals surface area contributed by atoms with Crippen molar-refractivity contribution in [2.75, 3.05) is 7.11 Å². The summed E-state index contributed by atoms with van der Waals surface area (Å²) in [5, 5.41) is 0. The molecule has 0 N–H and O–H groups in total. The summed E-state index contributed by atoms with van der Waals surface area (Å²) in [6, 6.07) is 8.75. The number of nitrogens with zero attached hydrogens (tertiary/aromatic N) is 1. The van der Waals surface area contributed by atoms with Crippen molar-refractivity contribution in [3.05, 3.63) is 47.7 Å². The van der Waals surface area contributed by atoms with Gasteiger partial charge in [0.15, 0.2) is 0 Å². The van der Waals surface area contributed by atoms with Crippen molar-refractivity contribution >= 4 is 5.97 Å². The number of benzene rings is 1. The summed E-state index contributed by atoms with van der Waals surface area (Å²) >= 11 is 0. The van der Waals surface area contributed by atoms with Gasteiger partial charge in [-0.15, -0.1) is 13.2 Å². The molecule has 2 aromatic rings. The summed E-state index contributed by atoms with van der Waals surface area (Å²) in [5.74, 6) is -0.503. The number of aromatic nitrogens is 1. The second-order valence-electron chi connectivity index (χ2n) is 5.47. The van der Waals surface area contributed by atoms with Crippen LogP contribution in [0.4, 0.5) is 13.2 Å². The predicted octanol–water partition coefficient (Wildman–Crippen LogP) is 4.31. The fourth-order valence-corrected chi connectivity index (χ4v) is 2.41. The lowest BCUT2D eigenvalue weighted by Crippen LogP contribution is -2.16. The van der Waals surface area contributed by atoms with Crippen LogP contribution in [-0.2, 0) is 4.74 Å². The Balaban J connectivity index is 1.89. The summed E-state index contributed by atoms with van der Waals surface area (Å²) in [6.07, 6.45) is -2.81. The van der Waals surface area contributed by atoms with Crippen LogP contribution < -0.4 is 4.74 Å². The minimum atomic E-state index is -4.72. The monoisotopic (exact) mass is 337 g/mol. The summed E-state index contributed by atoms with van der Waals surface area (Å²) < 4.78 is 45.2. The van der Waals surface area contributed by atoms with E-state index in [2.05, 4.69) is 9.72 Å². The molecule has 0 bridgehead atoms. The van der Waals surface area contributed by atoms with Crippen molar-refractivity contribution < 1.29 is 27.4 Å². The van der Waals surface area contributed by atoms with E-state index in [0.29, 0.717) is 22.5 Å².